The van der Waals surface area contributed by atoms with Crippen LogP contribution in [0.2, 0.25) is 0 Å². The molecule has 0 aliphatic rings. The maximum Gasteiger partial charge on any atom is 0.472 e. The molecule has 0 aromatic rings. The predicted molar refractivity (Wildman–Crippen MR) is 136 cm³/mol. The van der Waals surface area contributed by atoms with Gasteiger partial charge in [-0.3, -0.25) is 9.05 Å². The van der Waals surface area contributed by atoms with Crippen molar-refractivity contribution in [2.75, 3.05) is 26.4 Å². The van der Waals surface area contributed by atoms with Gasteiger partial charge in [0, 0.05) is 6.54 Å². The van der Waals surface area contributed by atoms with Crippen LogP contribution in [-0.4, -0.2) is 42.5 Å². The van der Waals surface area contributed by atoms with Crippen LogP contribution in [-0.2, 0) is 18.3 Å². The van der Waals surface area contributed by atoms with Crippen LogP contribution in [0.5, 0.6) is 0 Å². The van der Waals surface area contributed by atoms with Gasteiger partial charge >= 0.3 is 7.82 Å². The lowest BCUT2D eigenvalue weighted by molar-refractivity contribution is 0.0311. The molecule has 0 saturated carbocycles. The number of phosphoric acid groups is 1. The van der Waals surface area contributed by atoms with E-state index in [0.717, 1.165) is 19.3 Å². The van der Waals surface area contributed by atoms with Gasteiger partial charge in [-0.15, -0.1) is 0 Å². The highest BCUT2D eigenvalue weighted by Gasteiger charge is 2.22. The van der Waals surface area contributed by atoms with Crippen LogP contribution in [0.15, 0.2) is 36.6 Å². The zero-order chi connectivity index (χ0) is 24.5. The maximum absolute atomic E-state index is 11.4. The van der Waals surface area contributed by atoms with E-state index in [1.54, 1.807) is 6.26 Å². The number of phosphoric ester groups is 1. The summed E-state index contributed by atoms with van der Waals surface area (Å²) in [6.07, 6.45) is 27.3. The summed E-state index contributed by atoms with van der Waals surface area (Å²) in [7, 11) is -4.16. The van der Waals surface area contributed by atoms with Gasteiger partial charge in [-0.05, 0) is 51.0 Å². The summed E-state index contributed by atoms with van der Waals surface area (Å²) in [6, 6.07) is 0. The summed E-state index contributed by atoms with van der Waals surface area (Å²) in [4.78, 5) is 9.32. The summed E-state index contributed by atoms with van der Waals surface area (Å²) >= 11 is 0. The Labute approximate surface area is 201 Å². The Morgan fingerprint density at radius 2 is 1.39 bits per heavy atom. The maximum atomic E-state index is 11.4. The number of nitrogens with two attached hydrogens (primary N) is 1. The molecule has 0 aromatic carbocycles. The highest BCUT2D eigenvalue weighted by molar-refractivity contribution is 7.47. The van der Waals surface area contributed by atoms with Gasteiger partial charge in [0.1, 0.15) is 12.7 Å². The van der Waals surface area contributed by atoms with Crippen LogP contribution in [0, 0.1) is 0 Å². The predicted octanol–water partition coefficient (Wildman–Crippen LogP) is 6.17. The molecule has 0 saturated heterocycles. The molecule has 1 unspecified atom stereocenters. The monoisotopic (exact) mass is 489 g/mol. The molecule has 2 atom stereocenters. The van der Waals surface area contributed by atoms with Crippen LogP contribution in [0.1, 0.15) is 90.4 Å². The Bertz CT molecular complexity index is 553. The van der Waals surface area contributed by atoms with Crippen molar-refractivity contribution in [1.29, 1.82) is 0 Å². The molecule has 0 fully saturated rings. The highest BCUT2D eigenvalue weighted by Crippen LogP contribution is 2.42. The van der Waals surface area contributed by atoms with E-state index in [2.05, 4.69) is 40.3 Å². The summed E-state index contributed by atoms with van der Waals surface area (Å²) in [5.74, 6) is 0. The molecule has 0 spiro atoms. The fourth-order valence-corrected chi connectivity index (χ4v) is 3.76. The average molecular weight is 490 g/mol. The second-order valence-electron chi connectivity index (χ2n) is 8.12. The number of aliphatic hydroxyl groups is 1. The number of aliphatic hydroxyl groups excluding tert-OH is 1. The Morgan fingerprint density at radius 1 is 0.818 bits per heavy atom. The molecule has 0 heterocycles. The number of allylic oxidation sites excluding steroid dienone is 5. The number of hydrogen-bond acceptors (Lipinski definition) is 6. The standard InChI is InChI=1S/C25H48NO6P/c1-2-3-4-5-6-7-8-9-10-11-12-13-14-15-16-17-18-19-21-30-23-25(27)24-32-33(28,29)31-22-20-26/h6-7,9-10,19,21,25,27H,2-5,8,11-18,20,22-24,26H2,1H3,(H,28,29)/b7-6-,10-9-,21-19-/t25-/m1/s1. The Morgan fingerprint density at radius 3 is 2.00 bits per heavy atom. The third-order valence-electron chi connectivity index (χ3n) is 4.85. The number of ether oxygens (including phenoxy) is 1. The average Bonchev–Trinajstić information content (AvgIpc) is 2.80. The van der Waals surface area contributed by atoms with E-state index < -0.39 is 13.9 Å². The van der Waals surface area contributed by atoms with E-state index in [9.17, 15) is 14.6 Å². The normalized spacial score (nSPS) is 15.0. The second-order valence-corrected chi connectivity index (χ2v) is 9.57. The van der Waals surface area contributed by atoms with Crippen molar-refractivity contribution >= 4 is 7.82 Å². The van der Waals surface area contributed by atoms with Gasteiger partial charge in [-0.2, -0.15) is 0 Å². The number of unbranched alkanes of at least 4 members (excludes halogenated alkanes) is 10. The van der Waals surface area contributed by atoms with Crippen LogP contribution in [0.3, 0.4) is 0 Å². The summed E-state index contributed by atoms with van der Waals surface area (Å²) in [5, 5.41) is 9.69. The lowest BCUT2D eigenvalue weighted by atomic mass is 10.1. The van der Waals surface area contributed by atoms with Crippen molar-refractivity contribution < 1.29 is 28.3 Å². The molecule has 0 rings (SSSR count). The molecular formula is C25H48NO6P. The minimum Gasteiger partial charge on any atom is -0.499 e. The second kappa shape index (κ2) is 24.2. The summed E-state index contributed by atoms with van der Waals surface area (Å²) in [6.45, 7) is 1.90. The molecule has 0 bridgehead atoms. The fourth-order valence-electron chi connectivity index (χ4n) is 2.99. The van der Waals surface area contributed by atoms with E-state index in [1.165, 1.54) is 64.2 Å². The zero-order valence-electron chi connectivity index (χ0n) is 20.6. The third kappa shape index (κ3) is 25.5. The molecule has 4 N–H and O–H groups in total. The van der Waals surface area contributed by atoms with Gasteiger partial charge in [-0.25, -0.2) is 4.57 Å². The van der Waals surface area contributed by atoms with Crippen molar-refractivity contribution in [3.05, 3.63) is 36.6 Å². The first-order valence-electron chi connectivity index (χ1n) is 12.6. The highest BCUT2D eigenvalue weighted by atomic mass is 31.2. The van der Waals surface area contributed by atoms with Crippen LogP contribution >= 0.6 is 7.82 Å². The van der Waals surface area contributed by atoms with Gasteiger partial charge in [0.15, 0.2) is 0 Å². The molecule has 7 nitrogen and oxygen atoms in total. The molecule has 0 aliphatic carbocycles. The molecule has 0 aromatic heterocycles. The summed E-state index contributed by atoms with van der Waals surface area (Å²) < 4.78 is 25.9. The first kappa shape index (κ1) is 32.0. The molecule has 0 radical (unpaired) electrons. The lowest BCUT2D eigenvalue weighted by Gasteiger charge is -2.14. The molecule has 8 heteroatoms. The van der Waals surface area contributed by atoms with Crippen LogP contribution in [0.4, 0.5) is 0 Å². The van der Waals surface area contributed by atoms with E-state index in [4.69, 9.17) is 10.5 Å². The first-order chi connectivity index (χ1) is 16.0. The van der Waals surface area contributed by atoms with Gasteiger partial charge < -0.3 is 20.5 Å². The summed E-state index contributed by atoms with van der Waals surface area (Å²) in [5.41, 5.74) is 5.18. The van der Waals surface area contributed by atoms with Crippen molar-refractivity contribution in [2.24, 2.45) is 5.73 Å². The number of hydrogen-bond donors (Lipinski definition) is 3. The van der Waals surface area contributed by atoms with E-state index >= 15 is 0 Å². The zero-order valence-corrected chi connectivity index (χ0v) is 21.5. The SMILES string of the molecule is CCCCC/C=C\C/C=C\CCCCCCCC/C=C\OC[C@@H](O)COP(=O)(O)OCCN. The minimum atomic E-state index is -4.16. The topological polar surface area (TPSA) is 111 Å². The largest absolute Gasteiger partial charge is 0.499 e. The lowest BCUT2D eigenvalue weighted by Crippen LogP contribution is -2.20. The Hall–Kier alpha value is -0.950. The minimum absolute atomic E-state index is 0.0168. The van der Waals surface area contributed by atoms with Crippen molar-refractivity contribution in [3.63, 3.8) is 0 Å². The van der Waals surface area contributed by atoms with E-state index in [1.807, 2.05) is 6.08 Å². The van der Waals surface area contributed by atoms with Crippen LogP contribution < -0.4 is 5.73 Å². The molecule has 0 aliphatic heterocycles. The Balaban J connectivity index is 3.43. The molecule has 0 amide bonds. The molecular weight excluding hydrogens is 441 g/mol. The smallest absolute Gasteiger partial charge is 0.472 e. The number of rotatable bonds is 24. The van der Waals surface area contributed by atoms with E-state index in [0.29, 0.717) is 0 Å². The van der Waals surface area contributed by atoms with Gasteiger partial charge in [-0.1, -0.05) is 69.8 Å². The Kier molecular flexibility index (Phi) is 23.5. The quantitative estimate of drug-likeness (QED) is 0.0643. The van der Waals surface area contributed by atoms with Gasteiger partial charge in [0.05, 0.1) is 19.5 Å². The van der Waals surface area contributed by atoms with Gasteiger partial charge in [0.2, 0.25) is 0 Å². The first-order valence-corrected chi connectivity index (χ1v) is 14.1. The third-order valence-corrected chi connectivity index (χ3v) is 5.84. The fraction of sp³-hybridized carbons (Fsp3) is 0.760. The van der Waals surface area contributed by atoms with Crippen molar-refractivity contribution in [3.8, 4) is 0 Å². The van der Waals surface area contributed by atoms with Crippen molar-refractivity contribution in [2.45, 2.75) is 96.5 Å². The van der Waals surface area contributed by atoms with E-state index in [-0.39, 0.29) is 26.4 Å². The molecule has 194 valence electrons. The van der Waals surface area contributed by atoms with Gasteiger partial charge in [0.25, 0.3) is 0 Å². The van der Waals surface area contributed by atoms with Crippen LogP contribution in [0.25, 0.3) is 0 Å². The van der Waals surface area contributed by atoms with Crippen molar-refractivity contribution in [1.82, 2.24) is 0 Å². The molecule has 33 heavy (non-hydrogen) atoms.